The van der Waals surface area contributed by atoms with Crippen LogP contribution in [0.4, 0.5) is 0 Å². The Hall–Kier alpha value is -1.07. The Balaban J connectivity index is 4.10. The molecule has 0 saturated heterocycles. The van der Waals surface area contributed by atoms with Gasteiger partial charge in [-0.25, -0.2) is 4.18 Å². The monoisotopic (exact) mass is 439 g/mol. The molecule has 0 radical (unpaired) electrons. The molecule has 172 valence electrons. The van der Waals surface area contributed by atoms with E-state index in [1.54, 1.807) is 0 Å². The fourth-order valence-corrected chi connectivity index (χ4v) is 3.64. The quantitative estimate of drug-likeness (QED) is 0.175. The van der Waals surface area contributed by atoms with Crippen LogP contribution in [0.5, 0.6) is 0 Å². The van der Waals surface area contributed by atoms with Crippen molar-refractivity contribution in [2.24, 2.45) is 5.73 Å². The normalized spacial score (nSPS) is 15.0. The third-order valence-corrected chi connectivity index (χ3v) is 5.43. The number of rotatable bonds is 19. The lowest BCUT2D eigenvalue weighted by Crippen LogP contribution is -2.61. The zero-order valence-electron chi connectivity index (χ0n) is 17.3. The highest BCUT2D eigenvalue weighted by Gasteiger charge is 2.44. The van der Waals surface area contributed by atoms with E-state index >= 15 is 0 Å². The van der Waals surface area contributed by atoms with Gasteiger partial charge in [-0.15, -0.1) is 0 Å². The summed E-state index contributed by atoms with van der Waals surface area (Å²) in [6.45, 7) is 1.10. The minimum Gasteiger partial charge on any atom is -0.480 e. The molecule has 0 aromatic rings. The number of carbonyl (C=O) groups is 2. The number of carboxylic acid groups (broad SMARTS) is 1. The lowest BCUT2D eigenvalue weighted by atomic mass is 9.90. The van der Waals surface area contributed by atoms with Crippen LogP contribution in [0.25, 0.3) is 0 Å². The number of hydrogen-bond acceptors (Lipinski definition) is 7. The van der Waals surface area contributed by atoms with Gasteiger partial charge in [-0.05, 0) is 19.3 Å². The van der Waals surface area contributed by atoms with Crippen LogP contribution in [0.1, 0.15) is 90.4 Å². The van der Waals surface area contributed by atoms with Crippen LogP contribution >= 0.6 is 0 Å². The predicted molar refractivity (Wildman–Crippen MR) is 109 cm³/mol. The molecule has 0 rings (SSSR count). The fraction of sp³-hybridized carbons (Fsp3) is 0.895. The first-order valence-electron chi connectivity index (χ1n) is 10.4. The summed E-state index contributed by atoms with van der Waals surface area (Å²) >= 11 is 0. The second kappa shape index (κ2) is 14.8. The average Bonchev–Trinajstić information content (AvgIpc) is 2.64. The van der Waals surface area contributed by atoms with E-state index in [-0.39, 0.29) is 6.42 Å². The third kappa shape index (κ3) is 13.0. The molecule has 0 aromatic carbocycles. The van der Waals surface area contributed by atoms with Crippen LogP contribution in [0.2, 0.25) is 0 Å². The smallest absolute Gasteiger partial charge is 0.397 e. The second-order valence-electron chi connectivity index (χ2n) is 7.53. The molecule has 0 aromatic heterocycles. The molecule has 0 bridgehead atoms. The van der Waals surface area contributed by atoms with Gasteiger partial charge in [0.2, 0.25) is 0 Å². The molecular weight excluding hydrogens is 402 g/mol. The summed E-state index contributed by atoms with van der Waals surface area (Å²) in [4.78, 5) is 23.0. The molecule has 0 heterocycles. The summed E-state index contributed by atoms with van der Waals surface area (Å²) in [6, 6.07) is 0. The summed E-state index contributed by atoms with van der Waals surface area (Å²) < 4.78 is 35.2. The van der Waals surface area contributed by atoms with Crippen molar-refractivity contribution in [3.8, 4) is 0 Å². The fourth-order valence-electron chi connectivity index (χ4n) is 3.08. The van der Waals surface area contributed by atoms with Crippen LogP contribution in [-0.2, 0) is 24.2 Å². The van der Waals surface area contributed by atoms with Gasteiger partial charge in [-0.3, -0.25) is 14.1 Å². The third-order valence-electron chi connectivity index (χ3n) is 4.95. The van der Waals surface area contributed by atoms with Gasteiger partial charge in [-0.2, -0.15) is 8.42 Å². The maximum Gasteiger partial charge on any atom is 0.397 e. The Kier molecular flexibility index (Phi) is 14.3. The highest BCUT2D eigenvalue weighted by atomic mass is 32.3. The Morgan fingerprint density at radius 1 is 0.966 bits per heavy atom. The van der Waals surface area contributed by atoms with Gasteiger partial charge in [0.05, 0.1) is 6.61 Å². The number of hydrogen-bond donors (Lipinski definition) is 4. The van der Waals surface area contributed by atoms with Crippen LogP contribution in [0.15, 0.2) is 0 Å². The van der Waals surface area contributed by atoms with Gasteiger partial charge in [0, 0.05) is 12.8 Å². The summed E-state index contributed by atoms with van der Waals surface area (Å²) in [6.07, 6.45) is 8.61. The van der Waals surface area contributed by atoms with Crippen molar-refractivity contribution in [2.75, 3.05) is 6.61 Å². The molecule has 0 unspecified atom stereocenters. The zero-order valence-corrected chi connectivity index (χ0v) is 18.2. The first kappa shape index (κ1) is 27.9. The first-order valence-corrected chi connectivity index (χ1v) is 11.7. The Bertz CT molecular complexity index is 581. The molecule has 10 heteroatoms. The van der Waals surface area contributed by atoms with Gasteiger partial charge >= 0.3 is 16.4 Å². The van der Waals surface area contributed by atoms with E-state index in [0.29, 0.717) is 31.5 Å². The SMILES string of the molecule is CCCCCCC(=O)CCCCCCCC[C@H](OS(=O)(=O)O)[C@](N)(CO)C(=O)O. The highest BCUT2D eigenvalue weighted by molar-refractivity contribution is 7.80. The van der Waals surface area contributed by atoms with Crippen molar-refractivity contribution < 1.29 is 37.0 Å². The number of carbonyl (C=O) groups excluding carboxylic acids is 1. The van der Waals surface area contributed by atoms with E-state index in [1.165, 1.54) is 6.42 Å². The van der Waals surface area contributed by atoms with E-state index < -0.39 is 34.6 Å². The molecule has 0 fully saturated rings. The van der Waals surface area contributed by atoms with Gasteiger partial charge in [-0.1, -0.05) is 58.3 Å². The number of nitrogens with two attached hydrogens (primary N) is 1. The van der Waals surface area contributed by atoms with Gasteiger partial charge < -0.3 is 15.9 Å². The average molecular weight is 440 g/mol. The molecule has 0 aliphatic rings. The topological polar surface area (TPSA) is 164 Å². The van der Waals surface area contributed by atoms with Crippen molar-refractivity contribution >= 4 is 22.2 Å². The van der Waals surface area contributed by atoms with Crippen molar-refractivity contribution in [1.82, 2.24) is 0 Å². The van der Waals surface area contributed by atoms with E-state index in [9.17, 15) is 23.1 Å². The molecule has 0 aliphatic heterocycles. The Labute approximate surface area is 174 Å². The molecule has 0 amide bonds. The molecule has 0 spiro atoms. The van der Waals surface area contributed by atoms with Crippen LogP contribution in [-0.4, -0.2) is 53.2 Å². The Morgan fingerprint density at radius 2 is 1.45 bits per heavy atom. The number of aliphatic hydroxyl groups is 1. The van der Waals surface area contributed by atoms with Gasteiger partial charge in [0.15, 0.2) is 5.54 Å². The van der Waals surface area contributed by atoms with Crippen molar-refractivity contribution in [1.29, 1.82) is 0 Å². The molecule has 9 nitrogen and oxygen atoms in total. The summed E-state index contributed by atoms with van der Waals surface area (Å²) in [7, 11) is -4.91. The largest absolute Gasteiger partial charge is 0.480 e. The second-order valence-corrected chi connectivity index (χ2v) is 8.57. The lowest BCUT2D eigenvalue weighted by molar-refractivity contribution is -0.149. The number of aliphatic hydroxyl groups excluding tert-OH is 1. The van der Waals surface area contributed by atoms with E-state index in [1.807, 2.05) is 0 Å². The molecule has 0 saturated carbocycles. The highest BCUT2D eigenvalue weighted by Crippen LogP contribution is 2.21. The molecular formula is C19H37NO8S. The first-order chi connectivity index (χ1) is 13.6. The maximum atomic E-state index is 11.7. The summed E-state index contributed by atoms with van der Waals surface area (Å²) in [5.74, 6) is -1.31. The van der Waals surface area contributed by atoms with Crippen molar-refractivity contribution in [3.63, 3.8) is 0 Å². The zero-order chi connectivity index (χ0) is 22.3. The minimum atomic E-state index is -4.91. The van der Waals surface area contributed by atoms with Crippen molar-refractivity contribution in [2.45, 2.75) is 102 Å². The van der Waals surface area contributed by atoms with E-state index in [4.69, 9.17) is 15.4 Å². The number of Topliss-reactive ketones (excluding diaryl/α,β-unsaturated/α-hetero) is 1. The van der Waals surface area contributed by atoms with E-state index in [2.05, 4.69) is 11.1 Å². The number of aliphatic carboxylic acids is 1. The lowest BCUT2D eigenvalue weighted by Gasteiger charge is -2.30. The van der Waals surface area contributed by atoms with Gasteiger partial charge in [0.25, 0.3) is 0 Å². The predicted octanol–water partition coefficient (Wildman–Crippen LogP) is 2.61. The number of carboxylic acids is 1. The van der Waals surface area contributed by atoms with Crippen LogP contribution in [0, 0.1) is 0 Å². The Morgan fingerprint density at radius 3 is 1.90 bits per heavy atom. The standard InChI is InChI=1S/C19H37NO8S/c1-2-3-4-9-12-16(22)13-10-7-5-6-8-11-14-17(28-29(25,26)27)19(20,15-21)18(23)24/h17,21H,2-15,20H2,1H3,(H,23,24)(H,25,26,27)/t17-,19+/m0/s1. The summed E-state index contributed by atoms with van der Waals surface area (Å²) in [5, 5.41) is 18.4. The molecule has 0 aliphatic carbocycles. The number of ketones is 1. The van der Waals surface area contributed by atoms with E-state index in [0.717, 1.165) is 44.9 Å². The molecule has 2 atom stereocenters. The van der Waals surface area contributed by atoms with Gasteiger partial charge in [0.1, 0.15) is 11.9 Å². The molecule has 5 N–H and O–H groups in total. The number of unbranched alkanes of at least 4 members (excludes halogenated alkanes) is 8. The molecule has 29 heavy (non-hydrogen) atoms. The van der Waals surface area contributed by atoms with Crippen LogP contribution in [0.3, 0.4) is 0 Å². The van der Waals surface area contributed by atoms with Crippen molar-refractivity contribution in [3.05, 3.63) is 0 Å². The van der Waals surface area contributed by atoms with Crippen LogP contribution < -0.4 is 5.73 Å². The summed E-state index contributed by atoms with van der Waals surface area (Å²) in [5.41, 5.74) is 3.24. The minimum absolute atomic E-state index is 0.0423. The maximum absolute atomic E-state index is 11.7.